The van der Waals surface area contributed by atoms with E-state index in [2.05, 4.69) is 0 Å². The van der Waals surface area contributed by atoms with Gasteiger partial charge in [-0.25, -0.2) is 0 Å². The molecule has 0 saturated heterocycles. The predicted molar refractivity (Wildman–Crippen MR) is 167 cm³/mol. The van der Waals surface area contributed by atoms with Gasteiger partial charge in [0.05, 0.1) is 26.8 Å². The Morgan fingerprint density at radius 1 is 0.500 bits per heavy atom. The van der Waals surface area contributed by atoms with E-state index >= 15 is 0 Å². The Morgan fingerprint density at radius 2 is 1.15 bits per heavy atom. The number of rotatable bonds is 2. The summed E-state index contributed by atoms with van der Waals surface area (Å²) in [6.07, 6.45) is 1.32. The van der Waals surface area contributed by atoms with Gasteiger partial charge in [0, 0.05) is 27.3 Å². The van der Waals surface area contributed by atoms with Crippen LogP contribution in [-0.2, 0) is 0 Å². The maximum atomic E-state index is 9.37. The standard InChI is InChI=1S/C38H22O2/c1-2-10-24-19-25(18-17-23(24)9-1)37-27-12-3-5-14-29(27)38(30-15-6-4-13-28(30)37)33-22-39-35-20-31-26-11-7-8-16-34(26)40-36(31)21-32(33)35/h1-22H/i1D,2D,3D,4D,5D,6D,9D,10D,12D,13D,14D,15D,17D,18D,19D. The molecule has 0 amide bonds. The van der Waals surface area contributed by atoms with Crippen LogP contribution in [0.3, 0.4) is 0 Å². The SMILES string of the molecule is [2H]c1c([2H])c([2H])c2c([2H])c(-c3c4c([2H])c([2H])c([2H])c([2H])c4c(-c4coc5cc6c(cc45)oc4ccccc46)c4c([2H])c([2H])c([2H])c([2H])c34)c([2H])c([2H])c2c1[2H]. The predicted octanol–water partition coefficient (Wildman–Crippen LogP) is 11.1. The van der Waals surface area contributed by atoms with E-state index in [0.717, 1.165) is 10.8 Å². The number of para-hydroxylation sites is 1. The summed E-state index contributed by atoms with van der Waals surface area (Å²) in [5.74, 6) is 0. The summed E-state index contributed by atoms with van der Waals surface area (Å²) in [5, 5.41) is -0.0581. The smallest absolute Gasteiger partial charge is 0.136 e. The minimum Gasteiger partial charge on any atom is -0.464 e. The molecule has 9 aromatic rings. The van der Waals surface area contributed by atoms with E-state index in [9.17, 15) is 8.22 Å². The van der Waals surface area contributed by atoms with Crippen molar-refractivity contribution in [3.8, 4) is 22.3 Å². The van der Waals surface area contributed by atoms with Crippen molar-refractivity contribution >= 4 is 65.2 Å². The van der Waals surface area contributed by atoms with Crippen molar-refractivity contribution in [2.75, 3.05) is 0 Å². The van der Waals surface area contributed by atoms with Crippen LogP contribution in [0.2, 0.25) is 0 Å². The first-order valence-electron chi connectivity index (χ1n) is 19.9. The van der Waals surface area contributed by atoms with Crippen LogP contribution in [0.5, 0.6) is 0 Å². The average molecular weight is 526 g/mol. The number of hydrogen-bond donors (Lipinski definition) is 0. The Hall–Kier alpha value is -5.34. The van der Waals surface area contributed by atoms with Crippen LogP contribution in [-0.4, -0.2) is 0 Å². The van der Waals surface area contributed by atoms with Crippen molar-refractivity contribution in [1.29, 1.82) is 0 Å². The fourth-order valence-electron chi connectivity index (χ4n) is 5.49. The van der Waals surface area contributed by atoms with Gasteiger partial charge >= 0.3 is 0 Å². The topological polar surface area (TPSA) is 26.3 Å². The van der Waals surface area contributed by atoms with Crippen molar-refractivity contribution in [2.45, 2.75) is 0 Å². The third kappa shape index (κ3) is 2.99. The molecule has 186 valence electrons. The number of benzene rings is 7. The molecule has 0 aliphatic carbocycles. The van der Waals surface area contributed by atoms with Gasteiger partial charge < -0.3 is 8.83 Å². The summed E-state index contributed by atoms with van der Waals surface area (Å²) in [7, 11) is 0. The van der Waals surface area contributed by atoms with Crippen LogP contribution < -0.4 is 0 Å². The van der Waals surface area contributed by atoms with Crippen molar-refractivity contribution in [2.24, 2.45) is 0 Å². The van der Waals surface area contributed by atoms with Gasteiger partial charge in [0.25, 0.3) is 0 Å². The van der Waals surface area contributed by atoms with Crippen molar-refractivity contribution in [3.05, 3.63) is 133 Å². The molecule has 0 saturated carbocycles. The molecule has 0 aliphatic heterocycles. The lowest BCUT2D eigenvalue weighted by Crippen LogP contribution is -1.90. The summed E-state index contributed by atoms with van der Waals surface area (Å²) in [6, 6.07) is 0.514. The molecule has 0 atom stereocenters. The Kier molecular flexibility index (Phi) is 2.39. The molecule has 2 heterocycles. The molecule has 0 radical (unpaired) electrons. The summed E-state index contributed by atoms with van der Waals surface area (Å²) in [4.78, 5) is 0. The Morgan fingerprint density at radius 3 is 1.93 bits per heavy atom. The highest BCUT2D eigenvalue weighted by Crippen LogP contribution is 2.46. The van der Waals surface area contributed by atoms with E-state index < -0.39 is 113 Å². The summed E-state index contributed by atoms with van der Waals surface area (Å²) in [6.45, 7) is 0. The number of fused-ring (bicyclic) bond motifs is 7. The largest absolute Gasteiger partial charge is 0.464 e. The minimum atomic E-state index is -0.751. The van der Waals surface area contributed by atoms with Crippen LogP contribution >= 0.6 is 0 Å². The van der Waals surface area contributed by atoms with Gasteiger partial charge in [-0.2, -0.15) is 0 Å². The Bertz CT molecular complexity index is 3190. The summed E-state index contributed by atoms with van der Waals surface area (Å²) in [5.41, 5.74) is 0.630. The molecule has 0 bridgehead atoms. The van der Waals surface area contributed by atoms with Gasteiger partial charge in [0.1, 0.15) is 16.7 Å². The van der Waals surface area contributed by atoms with Gasteiger partial charge in [0.15, 0.2) is 0 Å². The molecule has 2 nitrogen and oxygen atoms in total. The van der Waals surface area contributed by atoms with E-state index in [1.807, 2.05) is 18.2 Å². The second kappa shape index (κ2) is 8.08. The Balaban J connectivity index is 1.58. The first-order chi connectivity index (χ1) is 26.1. The molecule has 9 rings (SSSR count). The minimum absolute atomic E-state index is 0.0474. The molecule has 0 fully saturated rings. The van der Waals surface area contributed by atoms with E-state index in [0.29, 0.717) is 22.1 Å². The first kappa shape index (κ1) is 11.8. The fraction of sp³-hybridized carbons (Fsp3) is 0. The summed E-state index contributed by atoms with van der Waals surface area (Å²) < 4.78 is 145. The van der Waals surface area contributed by atoms with E-state index in [1.54, 1.807) is 18.2 Å². The highest BCUT2D eigenvalue weighted by molar-refractivity contribution is 6.24. The van der Waals surface area contributed by atoms with Crippen LogP contribution in [0, 0.1) is 0 Å². The van der Waals surface area contributed by atoms with Gasteiger partial charge in [0.2, 0.25) is 0 Å². The fourth-order valence-corrected chi connectivity index (χ4v) is 5.49. The molecule has 40 heavy (non-hydrogen) atoms. The average Bonchev–Trinajstić information content (AvgIpc) is 3.75. The molecule has 0 N–H and O–H groups in total. The molecule has 0 unspecified atom stereocenters. The van der Waals surface area contributed by atoms with Gasteiger partial charge in [-0.05, 0) is 67.7 Å². The first-order valence-corrected chi connectivity index (χ1v) is 12.4. The lowest BCUT2D eigenvalue weighted by molar-refractivity contribution is 0.617. The van der Waals surface area contributed by atoms with Gasteiger partial charge in [-0.15, -0.1) is 0 Å². The second-order valence-corrected chi connectivity index (χ2v) is 9.34. The molecule has 7 aromatic carbocycles. The molecule has 0 spiro atoms. The number of hydrogen-bond acceptors (Lipinski definition) is 2. The molecular formula is C38H22O2. The number of furan rings is 2. The van der Waals surface area contributed by atoms with Crippen molar-refractivity contribution in [1.82, 2.24) is 0 Å². The van der Waals surface area contributed by atoms with E-state index in [1.165, 1.54) is 6.26 Å². The van der Waals surface area contributed by atoms with Crippen LogP contribution in [0.4, 0.5) is 0 Å². The lowest BCUT2D eigenvalue weighted by atomic mass is 9.85. The maximum Gasteiger partial charge on any atom is 0.136 e. The third-order valence-electron chi connectivity index (χ3n) is 7.22. The van der Waals surface area contributed by atoms with Gasteiger partial charge in [-0.1, -0.05) is 103 Å². The van der Waals surface area contributed by atoms with Crippen LogP contribution in [0.1, 0.15) is 20.6 Å². The summed E-state index contributed by atoms with van der Waals surface area (Å²) >= 11 is 0. The zero-order valence-electron chi connectivity index (χ0n) is 35.4. The highest BCUT2D eigenvalue weighted by atomic mass is 16.3. The third-order valence-corrected chi connectivity index (χ3v) is 7.22. The zero-order valence-corrected chi connectivity index (χ0v) is 20.4. The Labute approximate surface area is 250 Å². The monoisotopic (exact) mass is 525 g/mol. The highest BCUT2D eigenvalue weighted by Gasteiger charge is 2.20. The molecule has 2 aromatic heterocycles. The maximum absolute atomic E-state index is 9.37. The van der Waals surface area contributed by atoms with Crippen molar-refractivity contribution in [3.63, 3.8) is 0 Å². The van der Waals surface area contributed by atoms with Gasteiger partial charge in [-0.3, -0.25) is 0 Å². The van der Waals surface area contributed by atoms with E-state index in [-0.39, 0.29) is 32.7 Å². The second-order valence-electron chi connectivity index (χ2n) is 9.34. The lowest BCUT2D eigenvalue weighted by Gasteiger charge is -2.17. The normalized spacial score (nSPS) is 17.2. The molecular weight excluding hydrogens is 488 g/mol. The van der Waals surface area contributed by atoms with Crippen LogP contribution in [0.15, 0.2) is 142 Å². The quantitative estimate of drug-likeness (QED) is 0.210. The van der Waals surface area contributed by atoms with Crippen LogP contribution in [0.25, 0.3) is 87.5 Å². The van der Waals surface area contributed by atoms with Crippen molar-refractivity contribution < 1.29 is 29.4 Å². The molecule has 0 aliphatic rings. The zero-order chi connectivity index (χ0) is 39.3. The van der Waals surface area contributed by atoms with E-state index in [4.69, 9.17) is 21.2 Å². The molecule has 2 heteroatoms.